The van der Waals surface area contributed by atoms with Crippen LogP contribution in [0.4, 0.5) is 0 Å². The summed E-state index contributed by atoms with van der Waals surface area (Å²) in [6, 6.07) is 7.95. The molecule has 0 bridgehead atoms. The lowest BCUT2D eigenvalue weighted by atomic mass is 10.1. The molecule has 6 nitrogen and oxygen atoms in total. The molecule has 0 aliphatic carbocycles. The number of nitrogens with zero attached hydrogens (tertiary/aromatic N) is 3. The van der Waals surface area contributed by atoms with Crippen molar-refractivity contribution in [1.82, 2.24) is 15.0 Å². The molecule has 1 saturated heterocycles. The van der Waals surface area contributed by atoms with Crippen molar-refractivity contribution >= 4 is 17.7 Å². The van der Waals surface area contributed by atoms with E-state index in [-0.39, 0.29) is 18.1 Å². The van der Waals surface area contributed by atoms with Crippen LogP contribution in [-0.4, -0.2) is 52.0 Å². The highest BCUT2D eigenvalue weighted by Gasteiger charge is 2.25. The number of carbonyl (C=O) groups excluding carboxylic acids is 1. The number of morpholine rings is 1. The zero-order valence-electron chi connectivity index (χ0n) is 14.8. The minimum absolute atomic E-state index is 0.0898. The summed E-state index contributed by atoms with van der Waals surface area (Å²) in [4.78, 5) is 18.6. The first-order valence-electron chi connectivity index (χ1n) is 8.42. The largest absolute Gasteiger partial charge is 0.372 e. The summed E-state index contributed by atoms with van der Waals surface area (Å²) in [7, 11) is 0. The Morgan fingerprint density at radius 2 is 1.92 bits per heavy atom. The molecule has 1 aliphatic rings. The monoisotopic (exact) mass is 361 g/mol. The van der Waals surface area contributed by atoms with E-state index < -0.39 is 0 Å². The van der Waals surface area contributed by atoms with Crippen molar-refractivity contribution in [2.24, 2.45) is 0 Å². The topological polar surface area (TPSA) is 68.5 Å². The van der Waals surface area contributed by atoms with Gasteiger partial charge in [0.1, 0.15) is 0 Å². The molecule has 1 aliphatic heterocycles. The predicted molar refractivity (Wildman–Crippen MR) is 97.2 cm³/mol. The van der Waals surface area contributed by atoms with E-state index >= 15 is 0 Å². The third-order valence-electron chi connectivity index (χ3n) is 4.00. The highest BCUT2D eigenvalue weighted by molar-refractivity contribution is 7.99. The molecular weight excluding hydrogens is 338 g/mol. The van der Waals surface area contributed by atoms with Crippen molar-refractivity contribution in [2.45, 2.75) is 38.7 Å². The van der Waals surface area contributed by atoms with Crippen molar-refractivity contribution in [1.29, 1.82) is 0 Å². The van der Waals surface area contributed by atoms with Crippen LogP contribution in [0.1, 0.15) is 25.2 Å². The van der Waals surface area contributed by atoms with Gasteiger partial charge in [-0.2, -0.15) is 4.98 Å². The summed E-state index contributed by atoms with van der Waals surface area (Å²) in [5, 5.41) is 4.00. The van der Waals surface area contributed by atoms with Crippen LogP contribution in [-0.2, 0) is 15.3 Å². The summed E-state index contributed by atoms with van der Waals surface area (Å²) in [5.41, 5.74) is 2.09. The molecule has 0 radical (unpaired) electrons. The zero-order chi connectivity index (χ0) is 17.8. The molecule has 0 N–H and O–H groups in total. The Morgan fingerprint density at radius 3 is 2.60 bits per heavy atom. The Balaban J connectivity index is 1.49. The lowest BCUT2D eigenvalue weighted by Gasteiger charge is -2.35. The first-order valence-corrected chi connectivity index (χ1v) is 9.57. The number of aromatic nitrogens is 2. The maximum atomic E-state index is 12.3. The quantitative estimate of drug-likeness (QED) is 0.816. The fraction of sp³-hybridized carbons (Fsp3) is 0.500. The van der Waals surface area contributed by atoms with Gasteiger partial charge in [-0.15, -0.1) is 11.8 Å². The van der Waals surface area contributed by atoms with Gasteiger partial charge >= 0.3 is 0 Å². The summed E-state index contributed by atoms with van der Waals surface area (Å²) < 4.78 is 11.0. The molecular formula is C18H23N3O3S. The van der Waals surface area contributed by atoms with Crippen molar-refractivity contribution in [3.8, 4) is 11.5 Å². The predicted octanol–water partition coefficient (Wildman–Crippen LogP) is 2.91. The molecule has 1 amide bonds. The summed E-state index contributed by atoms with van der Waals surface area (Å²) >= 11 is 1.50. The van der Waals surface area contributed by atoms with Gasteiger partial charge in [-0.05, 0) is 32.9 Å². The number of hydrogen-bond donors (Lipinski definition) is 0. The molecule has 1 aromatic carbocycles. The third-order valence-corrected chi connectivity index (χ3v) is 4.91. The van der Waals surface area contributed by atoms with Crippen molar-refractivity contribution in [3.05, 3.63) is 35.7 Å². The first-order chi connectivity index (χ1) is 12.0. The molecule has 0 unspecified atom stereocenters. The molecule has 1 fully saturated rings. The summed E-state index contributed by atoms with van der Waals surface area (Å²) in [6.45, 7) is 7.34. The molecule has 134 valence electrons. The number of ether oxygens (including phenoxy) is 1. The molecule has 0 saturated carbocycles. The molecule has 1 aromatic heterocycles. The van der Waals surface area contributed by atoms with Crippen LogP contribution in [0.15, 0.2) is 28.8 Å². The number of amides is 1. The molecule has 2 aromatic rings. The Morgan fingerprint density at radius 1 is 1.24 bits per heavy atom. The Labute approximate surface area is 151 Å². The standard InChI is InChI=1S/C18H23N3O3S/c1-12-4-6-15(7-5-12)18-19-16(20-24-18)10-25-11-17(22)21-8-13(2)23-14(3)9-21/h4-7,13-14H,8-11H2,1-3H3/t13-,14-/m1/s1. The van der Waals surface area contributed by atoms with E-state index in [9.17, 15) is 4.79 Å². The van der Waals surface area contributed by atoms with Crippen LogP contribution in [0.5, 0.6) is 0 Å². The highest BCUT2D eigenvalue weighted by Crippen LogP contribution is 2.20. The highest BCUT2D eigenvalue weighted by atomic mass is 32.2. The van der Waals surface area contributed by atoms with E-state index in [4.69, 9.17) is 9.26 Å². The van der Waals surface area contributed by atoms with Crippen LogP contribution in [0.25, 0.3) is 11.5 Å². The Bertz CT molecular complexity index is 707. The number of benzene rings is 1. The van der Waals surface area contributed by atoms with Gasteiger partial charge in [0.05, 0.1) is 23.7 Å². The van der Waals surface area contributed by atoms with Crippen LogP contribution < -0.4 is 0 Å². The van der Waals surface area contributed by atoms with E-state index in [0.717, 1.165) is 5.56 Å². The van der Waals surface area contributed by atoms with E-state index in [2.05, 4.69) is 10.1 Å². The van der Waals surface area contributed by atoms with Gasteiger partial charge in [-0.1, -0.05) is 22.9 Å². The van der Waals surface area contributed by atoms with Gasteiger partial charge in [0, 0.05) is 18.7 Å². The lowest BCUT2D eigenvalue weighted by Crippen LogP contribution is -2.48. The van der Waals surface area contributed by atoms with Crippen molar-refractivity contribution in [3.63, 3.8) is 0 Å². The first kappa shape index (κ1) is 17.9. The van der Waals surface area contributed by atoms with Gasteiger partial charge < -0.3 is 14.2 Å². The van der Waals surface area contributed by atoms with Crippen LogP contribution in [0.3, 0.4) is 0 Å². The summed E-state index contributed by atoms with van der Waals surface area (Å²) in [5.74, 6) is 2.22. The molecule has 7 heteroatoms. The molecule has 25 heavy (non-hydrogen) atoms. The fourth-order valence-electron chi connectivity index (χ4n) is 2.83. The van der Waals surface area contributed by atoms with Crippen molar-refractivity contribution in [2.75, 3.05) is 18.8 Å². The van der Waals surface area contributed by atoms with E-state index in [1.54, 1.807) is 0 Å². The molecule has 0 spiro atoms. The molecule has 2 heterocycles. The van der Waals surface area contributed by atoms with Crippen molar-refractivity contribution < 1.29 is 14.1 Å². The third kappa shape index (κ3) is 4.83. The number of rotatable bonds is 5. The second-order valence-corrected chi connectivity index (χ2v) is 7.42. The van der Waals surface area contributed by atoms with Crippen LogP contribution in [0, 0.1) is 6.92 Å². The lowest BCUT2D eigenvalue weighted by molar-refractivity contribution is -0.140. The zero-order valence-corrected chi connectivity index (χ0v) is 15.6. The summed E-state index contributed by atoms with van der Waals surface area (Å²) in [6.07, 6.45) is 0.180. The van der Waals surface area contributed by atoms with Crippen LogP contribution >= 0.6 is 11.8 Å². The van der Waals surface area contributed by atoms with Gasteiger partial charge in [0.15, 0.2) is 5.82 Å². The Kier molecular flexibility index (Phi) is 5.75. The smallest absolute Gasteiger partial charge is 0.257 e. The molecule has 2 atom stereocenters. The second kappa shape index (κ2) is 8.01. The van der Waals surface area contributed by atoms with E-state index in [0.29, 0.717) is 36.3 Å². The second-order valence-electron chi connectivity index (χ2n) is 6.43. The van der Waals surface area contributed by atoms with E-state index in [1.165, 1.54) is 17.3 Å². The minimum atomic E-state index is 0.0898. The van der Waals surface area contributed by atoms with Gasteiger partial charge in [-0.3, -0.25) is 4.79 Å². The number of thioether (sulfide) groups is 1. The average molecular weight is 361 g/mol. The van der Waals surface area contributed by atoms with E-state index in [1.807, 2.05) is 49.9 Å². The van der Waals surface area contributed by atoms with Gasteiger partial charge in [0.25, 0.3) is 5.89 Å². The average Bonchev–Trinajstić information content (AvgIpc) is 3.03. The number of hydrogen-bond acceptors (Lipinski definition) is 6. The fourth-order valence-corrected chi connectivity index (χ4v) is 3.59. The minimum Gasteiger partial charge on any atom is -0.372 e. The maximum Gasteiger partial charge on any atom is 0.257 e. The Hall–Kier alpha value is -1.86. The maximum absolute atomic E-state index is 12.3. The normalized spacial score (nSPS) is 20.7. The van der Waals surface area contributed by atoms with Gasteiger partial charge in [-0.25, -0.2) is 0 Å². The van der Waals surface area contributed by atoms with Gasteiger partial charge in [0.2, 0.25) is 5.91 Å². The van der Waals surface area contributed by atoms with Crippen LogP contribution in [0.2, 0.25) is 0 Å². The SMILES string of the molecule is Cc1ccc(-c2nc(CSCC(=O)N3C[C@@H](C)O[C@H](C)C3)no2)cc1. The molecule has 3 rings (SSSR count). The number of aryl methyl sites for hydroxylation is 1. The number of carbonyl (C=O) groups is 1.